The minimum Gasteiger partial charge on any atom is -0.494 e. The summed E-state index contributed by atoms with van der Waals surface area (Å²) in [4.78, 5) is 2.46. The summed E-state index contributed by atoms with van der Waals surface area (Å²) >= 11 is 0. The summed E-state index contributed by atoms with van der Waals surface area (Å²) in [6, 6.07) is 21.4. The third-order valence-electron chi connectivity index (χ3n) is 6.62. The quantitative estimate of drug-likeness (QED) is 0.232. The number of unbranched alkanes of at least 4 members (excludes halogenated alkanes) is 1. The van der Waals surface area contributed by atoms with Crippen LogP contribution >= 0.6 is 0 Å². The highest BCUT2D eigenvalue weighted by Crippen LogP contribution is 2.41. The molecule has 0 spiro atoms. The molecule has 1 unspecified atom stereocenters. The van der Waals surface area contributed by atoms with Crippen LogP contribution in [0.4, 0.5) is 5.69 Å². The predicted molar refractivity (Wildman–Crippen MR) is 152 cm³/mol. The van der Waals surface area contributed by atoms with Gasteiger partial charge in [-0.2, -0.15) is 0 Å². The number of hydrogen-bond acceptors (Lipinski definition) is 6. The maximum absolute atomic E-state index is 6.00. The number of benzene rings is 3. The first-order valence-electron chi connectivity index (χ1n) is 13.2. The zero-order chi connectivity index (χ0) is 26.6. The molecule has 0 radical (unpaired) electrons. The van der Waals surface area contributed by atoms with Crippen LogP contribution in [0.3, 0.4) is 0 Å². The van der Waals surface area contributed by atoms with Crippen molar-refractivity contribution >= 4 is 5.69 Å². The zero-order valence-corrected chi connectivity index (χ0v) is 23.0. The van der Waals surface area contributed by atoms with Gasteiger partial charge in [0, 0.05) is 18.3 Å². The van der Waals surface area contributed by atoms with E-state index in [2.05, 4.69) is 67.3 Å². The summed E-state index contributed by atoms with van der Waals surface area (Å²) in [5, 5.41) is 0. The van der Waals surface area contributed by atoms with Gasteiger partial charge in [0.15, 0.2) is 11.5 Å². The van der Waals surface area contributed by atoms with Crippen molar-refractivity contribution in [2.24, 2.45) is 5.73 Å². The number of nitrogens with zero attached hydrogens (tertiary/aromatic N) is 1. The van der Waals surface area contributed by atoms with Gasteiger partial charge in [0.05, 0.1) is 27.9 Å². The molecule has 0 saturated heterocycles. The van der Waals surface area contributed by atoms with Crippen LogP contribution in [-0.4, -0.2) is 40.5 Å². The third kappa shape index (κ3) is 7.32. The molecule has 6 heteroatoms. The van der Waals surface area contributed by atoms with E-state index in [9.17, 15) is 0 Å². The van der Waals surface area contributed by atoms with Crippen molar-refractivity contribution < 1.29 is 18.9 Å². The highest BCUT2D eigenvalue weighted by atomic mass is 16.5. The summed E-state index contributed by atoms with van der Waals surface area (Å²) in [6.45, 7) is 6.56. The van der Waals surface area contributed by atoms with Crippen LogP contribution in [0.5, 0.6) is 23.0 Å². The van der Waals surface area contributed by atoms with E-state index in [4.69, 9.17) is 24.7 Å². The smallest absolute Gasteiger partial charge is 0.203 e. The molecule has 0 aromatic heterocycles. The molecule has 0 fully saturated rings. The molecule has 37 heavy (non-hydrogen) atoms. The van der Waals surface area contributed by atoms with Gasteiger partial charge in [-0.25, -0.2) is 0 Å². The Morgan fingerprint density at radius 2 is 1.54 bits per heavy atom. The molecule has 1 atom stereocenters. The molecule has 0 amide bonds. The van der Waals surface area contributed by atoms with E-state index in [-0.39, 0.29) is 0 Å². The van der Waals surface area contributed by atoms with Gasteiger partial charge >= 0.3 is 0 Å². The van der Waals surface area contributed by atoms with E-state index in [1.807, 2.05) is 12.1 Å². The summed E-state index contributed by atoms with van der Waals surface area (Å²) in [6.07, 6.45) is 4.12. The van der Waals surface area contributed by atoms with E-state index in [1.54, 1.807) is 21.3 Å². The highest BCUT2D eigenvalue weighted by molar-refractivity contribution is 5.71. The lowest BCUT2D eigenvalue weighted by molar-refractivity contribution is 0.309. The monoisotopic (exact) mass is 506 g/mol. The van der Waals surface area contributed by atoms with E-state index < -0.39 is 0 Å². The molecule has 0 aliphatic rings. The Balaban J connectivity index is 1.92. The Hall–Kier alpha value is -3.38. The average Bonchev–Trinajstić information content (AvgIpc) is 2.94. The van der Waals surface area contributed by atoms with Gasteiger partial charge in [0.25, 0.3) is 0 Å². The lowest BCUT2D eigenvalue weighted by atomic mass is 10.0. The van der Waals surface area contributed by atoms with Crippen LogP contribution < -0.4 is 29.6 Å². The van der Waals surface area contributed by atoms with E-state index in [1.165, 1.54) is 11.3 Å². The molecule has 0 aliphatic carbocycles. The first-order valence-corrected chi connectivity index (χ1v) is 13.2. The maximum Gasteiger partial charge on any atom is 0.203 e. The fourth-order valence-corrected chi connectivity index (χ4v) is 4.57. The molecule has 0 aliphatic heterocycles. The van der Waals surface area contributed by atoms with Crippen molar-refractivity contribution in [3.8, 4) is 34.1 Å². The molecule has 0 heterocycles. The van der Waals surface area contributed by atoms with Gasteiger partial charge in [-0.05, 0) is 85.0 Å². The van der Waals surface area contributed by atoms with Gasteiger partial charge in [-0.15, -0.1) is 0 Å². The minimum absolute atomic E-state index is 0.335. The van der Waals surface area contributed by atoms with Gasteiger partial charge in [0.1, 0.15) is 5.75 Å². The van der Waals surface area contributed by atoms with Crippen LogP contribution in [0.15, 0.2) is 60.7 Å². The molecular weight excluding hydrogens is 464 g/mol. The van der Waals surface area contributed by atoms with Crippen LogP contribution in [0, 0.1) is 0 Å². The highest BCUT2D eigenvalue weighted by Gasteiger charge is 2.19. The van der Waals surface area contributed by atoms with Crippen LogP contribution in [0.25, 0.3) is 11.1 Å². The Bertz CT molecular complexity index is 1080. The summed E-state index contributed by atoms with van der Waals surface area (Å²) in [5.74, 6) is 2.78. The van der Waals surface area contributed by atoms with E-state index in [0.717, 1.165) is 55.7 Å². The second kappa shape index (κ2) is 14.4. The van der Waals surface area contributed by atoms with Crippen molar-refractivity contribution in [3.05, 3.63) is 66.2 Å². The van der Waals surface area contributed by atoms with Gasteiger partial charge in [-0.1, -0.05) is 38.5 Å². The number of anilines is 1. The molecule has 3 aromatic rings. The Morgan fingerprint density at radius 1 is 0.838 bits per heavy atom. The van der Waals surface area contributed by atoms with Crippen molar-refractivity contribution in [1.82, 2.24) is 0 Å². The first-order chi connectivity index (χ1) is 18.1. The van der Waals surface area contributed by atoms with Gasteiger partial charge < -0.3 is 29.6 Å². The number of hydrogen-bond donors (Lipinski definition) is 1. The van der Waals surface area contributed by atoms with E-state index in [0.29, 0.717) is 29.8 Å². The standard InChI is InChI=1S/C31H42N2O4/c1-6-8-18-37-28-14-12-27(13-15-28)33(26(7-2)16-17-32)22-23-10-9-11-24(19-23)25-20-29(34-3)31(36-5)30(21-25)35-4/h9-15,19-21,26H,6-8,16-18,22,32H2,1-5H3. The second-order valence-electron chi connectivity index (χ2n) is 9.08. The predicted octanol–water partition coefficient (Wildman–Crippen LogP) is 6.69. The zero-order valence-electron chi connectivity index (χ0n) is 23.0. The SMILES string of the molecule is CCCCOc1ccc(N(Cc2cccc(-c3cc(OC)c(OC)c(OC)c3)c2)C(CC)CCN)cc1. The molecule has 6 nitrogen and oxygen atoms in total. The van der Waals surface area contributed by atoms with Gasteiger partial charge in [0.2, 0.25) is 5.75 Å². The lowest BCUT2D eigenvalue weighted by Crippen LogP contribution is -2.36. The Morgan fingerprint density at radius 3 is 2.11 bits per heavy atom. The fourth-order valence-electron chi connectivity index (χ4n) is 4.57. The van der Waals surface area contributed by atoms with Crippen LogP contribution in [0.1, 0.15) is 45.1 Å². The summed E-state index contributed by atoms with van der Waals surface area (Å²) in [7, 11) is 4.89. The van der Waals surface area contributed by atoms with E-state index >= 15 is 0 Å². The summed E-state index contributed by atoms with van der Waals surface area (Å²) in [5.41, 5.74) is 10.5. The van der Waals surface area contributed by atoms with Crippen molar-refractivity contribution in [3.63, 3.8) is 0 Å². The van der Waals surface area contributed by atoms with Crippen LogP contribution in [-0.2, 0) is 6.54 Å². The molecular formula is C31H42N2O4. The molecule has 200 valence electrons. The largest absolute Gasteiger partial charge is 0.494 e. The van der Waals surface area contributed by atoms with Crippen molar-refractivity contribution in [1.29, 1.82) is 0 Å². The topological polar surface area (TPSA) is 66.2 Å². The maximum atomic E-state index is 6.00. The fraction of sp³-hybridized carbons (Fsp3) is 0.419. The minimum atomic E-state index is 0.335. The second-order valence-corrected chi connectivity index (χ2v) is 9.08. The van der Waals surface area contributed by atoms with Crippen molar-refractivity contribution in [2.45, 2.75) is 52.1 Å². The normalized spacial score (nSPS) is 11.6. The molecule has 3 aromatic carbocycles. The molecule has 2 N–H and O–H groups in total. The van der Waals surface area contributed by atoms with Crippen molar-refractivity contribution in [2.75, 3.05) is 39.4 Å². The Kier molecular flexibility index (Phi) is 11.0. The van der Waals surface area contributed by atoms with Crippen LogP contribution in [0.2, 0.25) is 0 Å². The molecule has 0 bridgehead atoms. The Labute approximate surface area is 222 Å². The average molecular weight is 507 g/mol. The van der Waals surface area contributed by atoms with Gasteiger partial charge in [-0.3, -0.25) is 0 Å². The lowest BCUT2D eigenvalue weighted by Gasteiger charge is -2.33. The number of rotatable bonds is 15. The first kappa shape index (κ1) is 28.2. The molecule has 0 saturated carbocycles. The summed E-state index contributed by atoms with van der Waals surface area (Å²) < 4.78 is 22.5. The third-order valence-corrected chi connectivity index (χ3v) is 6.62. The number of methoxy groups -OCH3 is 3. The number of nitrogens with two attached hydrogens (primary N) is 1. The molecule has 3 rings (SSSR count). The number of ether oxygens (including phenoxy) is 4.